The first-order valence-electron chi connectivity index (χ1n) is 10.1. The highest BCUT2D eigenvalue weighted by molar-refractivity contribution is 5.93. The van der Waals surface area contributed by atoms with Crippen LogP contribution in [-0.4, -0.2) is 38.5 Å². The molecule has 4 rings (SSSR count). The van der Waals surface area contributed by atoms with Crippen LogP contribution in [0, 0.1) is 5.82 Å². The summed E-state index contributed by atoms with van der Waals surface area (Å²) < 4.78 is 14.4. The van der Waals surface area contributed by atoms with Crippen molar-refractivity contribution in [1.82, 2.24) is 19.5 Å². The fraction of sp³-hybridized carbons (Fsp3) is 0.381. The van der Waals surface area contributed by atoms with Crippen molar-refractivity contribution in [3.63, 3.8) is 0 Å². The quantitative estimate of drug-likeness (QED) is 0.695. The molecular weight excluding hydrogens is 387 g/mol. The second-order valence-corrected chi connectivity index (χ2v) is 7.33. The van der Waals surface area contributed by atoms with Gasteiger partial charge in [-0.25, -0.2) is 14.4 Å². The average molecular weight is 410 g/mol. The number of aromatic nitrogens is 4. The molecule has 1 atom stereocenters. The van der Waals surface area contributed by atoms with Crippen LogP contribution in [0.3, 0.4) is 0 Å². The molecule has 1 aliphatic heterocycles. The lowest BCUT2D eigenvalue weighted by Gasteiger charge is -2.26. The molecule has 1 saturated heterocycles. The van der Waals surface area contributed by atoms with Gasteiger partial charge in [-0.05, 0) is 49.9 Å². The van der Waals surface area contributed by atoms with Gasteiger partial charge in [0.05, 0.1) is 0 Å². The Labute approximate surface area is 172 Å². The number of anilines is 2. The summed E-state index contributed by atoms with van der Waals surface area (Å²) in [4.78, 5) is 41.0. The zero-order valence-electron chi connectivity index (χ0n) is 16.7. The molecule has 0 saturated carbocycles. The number of carbonyl (C=O) groups excluding carboxylic acids is 1. The van der Waals surface area contributed by atoms with Crippen molar-refractivity contribution < 1.29 is 9.18 Å². The summed E-state index contributed by atoms with van der Waals surface area (Å²) in [6.07, 6.45) is 6.62. The Morgan fingerprint density at radius 1 is 1.17 bits per heavy atom. The van der Waals surface area contributed by atoms with Crippen LogP contribution in [0.5, 0.6) is 0 Å². The number of piperidine rings is 1. The van der Waals surface area contributed by atoms with Gasteiger partial charge < -0.3 is 10.2 Å². The molecule has 1 fully saturated rings. The van der Waals surface area contributed by atoms with E-state index in [2.05, 4.69) is 25.2 Å². The summed E-state index contributed by atoms with van der Waals surface area (Å²) in [6.45, 7) is 3.59. The van der Waals surface area contributed by atoms with Gasteiger partial charge in [-0.2, -0.15) is 4.98 Å². The number of nitrogens with zero attached hydrogens (tertiary/aromatic N) is 5. The standard InChI is InChI=1S/C21H23FN6O2/c1-2-17(19(29)25-15-8-6-14(22)7-9-15)28-13-24-18-16(20(28)30)12-23-21(26-18)27-10-4-3-5-11-27/h6-9,12-13,17H,2-5,10-11H2,1H3,(H,25,29)/t17-/m0/s1. The van der Waals surface area contributed by atoms with Crippen LogP contribution >= 0.6 is 0 Å². The normalized spacial score (nSPS) is 15.2. The van der Waals surface area contributed by atoms with Crippen molar-refractivity contribution in [3.8, 4) is 0 Å². The third kappa shape index (κ3) is 4.00. The van der Waals surface area contributed by atoms with Crippen LogP contribution in [-0.2, 0) is 4.79 Å². The van der Waals surface area contributed by atoms with E-state index in [1.807, 2.05) is 6.92 Å². The summed E-state index contributed by atoms with van der Waals surface area (Å²) in [5, 5.41) is 2.98. The van der Waals surface area contributed by atoms with Gasteiger partial charge in [0, 0.05) is 25.0 Å². The molecule has 0 spiro atoms. The molecule has 30 heavy (non-hydrogen) atoms. The van der Waals surface area contributed by atoms with E-state index >= 15 is 0 Å². The maximum absolute atomic E-state index is 13.1. The molecule has 0 unspecified atom stereocenters. The first kappa shape index (κ1) is 19.9. The van der Waals surface area contributed by atoms with Crippen molar-refractivity contribution in [2.45, 2.75) is 38.6 Å². The molecular formula is C21H23FN6O2. The fourth-order valence-electron chi connectivity index (χ4n) is 3.66. The largest absolute Gasteiger partial charge is 0.341 e. The van der Waals surface area contributed by atoms with Gasteiger partial charge in [0.15, 0.2) is 5.65 Å². The molecule has 0 radical (unpaired) electrons. The highest BCUT2D eigenvalue weighted by atomic mass is 19.1. The Balaban J connectivity index is 1.61. The van der Waals surface area contributed by atoms with Gasteiger partial charge in [-0.3, -0.25) is 14.2 Å². The summed E-state index contributed by atoms with van der Waals surface area (Å²) in [7, 11) is 0. The van der Waals surface area contributed by atoms with E-state index < -0.39 is 6.04 Å². The first-order chi connectivity index (χ1) is 14.6. The number of carbonyl (C=O) groups is 1. The molecule has 1 aliphatic rings. The number of hydrogen-bond acceptors (Lipinski definition) is 6. The first-order valence-corrected chi connectivity index (χ1v) is 10.1. The van der Waals surface area contributed by atoms with Crippen LogP contribution in [0.15, 0.2) is 41.6 Å². The van der Waals surface area contributed by atoms with Gasteiger partial charge in [0.25, 0.3) is 5.56 Å². The molecule has 3 aromatic rings. The van der Waals surface area contributed by atoms with Crippen LogP contribution in [0.4, 0.5) is 16.0 Å². The lowest BCUT2D eigenvalue weighted by Crippen LogP contribution is -2.34. The van der Waals surface area contributed by atoms with Gasteiger partial charge in [0.1, 0.15) is 23.6 Å². The van der Waals surface area contributed by atoms with Gasteiger partial charge in [-0.1, -0.05) is 6.92 Å². The Morgan fingerprint density at radius 3 is 2.60 bits per heavy atom. The summed E-state index contributed by atoms with van der Waals surface area (Å²) in [5.74, 6) is -0.190. The van der Waals surface area contributed by atoms with E-state index in [4.69, 9.17) is 0 Å². The number of fused-ring (bicyclic) bond motifs is 1. The van der Waals surface area contributed by atoms with Gasteiger partial charge in [0.2, 0.25) is 11.9 Å². The van der Waals surface area contributed by atoms with Crippen LogP contribution in [0.2, 0.25) is 0 Å². The van der Waals surface area contributed by atoms with E-state index in [1.54, 1.807) is 0 Å². The third-order valence-electron chi connectivity index (χ3n) is 5.30. The Morgan fingerprint density at radius 2 is 1.90 bits per heavy atom. The summed E-state index contributed by atoms with van der Waals surface area (Å²) in [6, 6.07) is 4.70. The van der Waals surface area contributed by atoms with Crippen LogP contribution in [0.1, 0.15) is 38.6 Å². The molecule has 1 N–H and O–H groups in total. The zero-order chi connectivity index (χ0) is 21.1. The molecule has 0 bridgehead atoms. The fourth-order valence-corrected chi connectivity index (χ4v) is 3.66. The number of nitrogens with one attached hydrogen (secondary N) is 1. The zero-order valence-corrected chi connectivity index (χ0v) is 16.7. The molecule has 1 amide bonds. The Hall–Kier alpha value is -3.36. The number of halogens is 1. The van der Waals surface area contributed by atoms with Crippen molar-refractivity contribution >= 4 is 28.6 Å². The third-order valence-corrected chi connectivity index (χ3v) is 5.30. The van der Waals surface area contributed by atoms with E-state index in [1.165, 1.54) is 47.8 Å². The molecule has 8 nitrogen and oxygen atoms in total. The second kappa shape index (κ2) is 8.56. The number of hydrogen-bond donors (Lipinski definition) is 1. The SMILES string of the molecule is CC[C@@H](C(=O)Nc1ccc(F)cc1)n1cnc2nc(N3CCCCC3)ncc2c1=O. The Kier molecular flexibility index (Phi) is 5.69. The highest BCUT2D eigenvalue weighted by Crippen LogP contribution is 2.18. The molecule has 1 aromatic carbocycles. The topological polar surface area (TPSA) is 93.0 Å². The van der Waals surface area contributed by atoms with Gasteiger partial charge in [-0.15, -0.1) is 0 Å². The number of benzene rings is 1. The monoisotopic (exact) mass is 410 g/mol. The lowest BCUT2D eigenvalue weighted by molar-refractivity contribution is -0.119. The van der Waals surface area contributed by atoms with E-state index in [-0.39, 0.29) is 22.7 Å². The van der Waals surface area contributed by atoms with E-state index in [0.717, 1.165) is 25.9 Å². The smallest absolute Gasteiger partial charge is 0.265 e. The van der Waals surface area contributed by atoms with E-state index in [0.29, 0.717) is 23.7 Å². The minimum atomic E-state index is -0.763. The predicted octanol–water partition coefficient (Wildman–Crippen LogP) is 2.91. The maximum Gasteiger partial charge on any atom is 0.265 e. The minimum absolute atomic E-state index is 0.270. The summed E-state index contributed by atoms with van der Waals surface area (Å²) in [5.41, 5.74) is 0.406. The highest BCUT2D eigenvalue weighted by Gasteiger charge is 2.22. The van der Waals surface area contributed by atoms with Crippen LogP contribution in [0.25, 0.3) is 11.0 Å². The lowest BCUT2D eigenvalue weighted by atomic mass is 10.1. The molecule has 156 valence electrons. The van der Waals surface area contributed by atoms with Crippen molar-refractivity contribution in [3.05, 3.63) is 53.0 Å². The van der Waals surface area contributed by atoms with Crippen molar-refractivity contribution in [2.24, 2.45) is 0 Å². The summed E-state index contributed by atoms with van der Waals surface area (Å²) >= 11 is 0. The van der Waals surface area contributed by atoms with Gasteiger partial charge >= 0.3 is 0 Å². The van der Waals surface area contributed by atoms with E-state index in [9.17, 15) is 14.0 Å². The van der Waals surface area contributed by atoms with Crippen LogP contribution < -0.4 is 15.8 Å². The Bertz CT molecular complexity index is 1110. The average Bonchev–Trinajstić information content (AvgIpc) is 2.78. The van der Waals surface area contributed by atoms with Crippen molar-refractivity contribution in [2.75, 3.05) is 23.3 Å². The predicted molar refractivity (Wildman–Crippen MR) is 112 cm³/mol. The maximum atomic E-state index is 13.1. The van der Waals surface area contributed by atoms with Crippen molar-refractivity contribution in [1.29, 1.82) is 0 Å². The number of rotatable bonds is 5. The molecule has 0 aliphatic carbocycles. The molecule has 3 heterocycles. The minimum Gasteiger partial charge on any atom is -0.341 e. The second-order valence-electron chi connectivity index (χ2n) is 7.33. The molecule has 9 heteroatoms. The number of amides is 1. The molecule has 2 aromatic heterocycles.